The SMILES string of the molecule is Fc1ccc(-c2nc(CNC3CCCOC3)cs2)cc1. The fourth-order valence-electron chi connectivity index (χ4n) is 2.26. The van der Waals surface area contributed by atoms with Crippen molar-refractivity contribution >= 4 is 11.3 Å². The monoisotopic (exact) mass is 292 g/mol. The van der Waals surface area contributed by atoms with Gasteiger partial charge in [0.2, 0.25) is 0 Å². The minimum atomic E-state index is -0.218. The smallest absolute Gasteiger partial charge is 0.123 e. The number of hydrogen-bond donors (Lipinski definition) is 1. The molecule has 0 saturated carbocycles. The first kappa shape index (κ1) is 13.7. The van der Waals surface area contributed by atoms with Gasteiger partial charge in [0.05, 0.1) is 12.3 Å². The molecule has 1 unspecified atom stereocenters. The fraction of sp³-hybridized carbons (Fsp3) is 0.400. The highest BCUT2D eigenvalue weighted by Crippen LogP contribution is 2.23. The molecular formula is C15H17FN2OS. The number of nitrogens with one attached hydrogen (secondary N) is 1. The van der Waals surface area contributed by atoms with E-state index in [2.05, 4.69) is 15.7 Å². The molecule has 1 aromatic heterocycles. The van der Waals surface area contributed by atoms with Crippen LogP contribution >= 0.6 is 11.3 Å². The molecule has 3 rings (SSSR count). The maximum absolute atomic E-state index is 12.9. The summed E-state index contributed by atoms with van der Waals surface area (Å²) in [5.41, 5.74) is 1.99. The fourth-order valence-corrected chi connectivity index (χ4v) is 3.09. The molecule has 0 aliphatic carbocycles. The van der Waals surface area contributed by atoms with Crippen molar-refractivity contribution in [3.8, 4) is 10.6 Å². The van der Waals surface area contributed by atoms with Crippen LogP contribution in [0.3, 0.4) is 0 Å². The lowest BCUT2D eigenvalue weighted by Crippen LogP contribution is -2.36. The molecule has 0 radical (unpaired) electrons. The Balaban J connectivity index is 1.60. The number of halogens is 1. The van der Waals surface area contributed by atoms with Crippen LogP contribution in [0, 0.1) is 5.82 Å². The van der Waals surface area contributed by atoms with E-state index in [-0.39, 0.29) is 5.82 Å². The highest BCUT2D eigenvalue weighted by molar-refractivity contribution is 7.13. The third-order valence-corrected chi connectivity index (χ3v) is 4.32. The number of rotatable bonds is 4. The van der Waals surface area contributed by atoms with E-state index in [0.717, 1.165) is 48.9 Å². The largest absolute Gasteiger partial charge is 0.380 e. The van der Waals surface area contributed by atoms with Gasteiger partial charge in [0.15, 0.2) is 0 Å². The second kappa shape index (κ2) is 6.43. The molecule has 1 aliphatic heterocycles. The summed E-state index contributed by atoms with van der Waals surface area (Å²) in [7, 11) is 0. The van der Waals surface area contributed by atoms with E-state index in [1.165, 1.54) is 12.1 Å². The van der Waals surface area contributed by atoms with Gasteiger partial charge in [0.1, 0.15) is 10.8 Å². The number of ether oxygens (including phenoxy) is 1. The third kappa shape index (κ3) is 3.42. The van der Waals surface area contributed by atoms with Crippen molar-refractivity contribution in [1.82, 2.24) is 10.3 Å². The molecule has 0 amide bonds. The van der Waals surface area contributed by atoms with Crippen molar-refractivity contribution in [3.63, 3.8) is 0 Å². The lowest BCUT2D eigenvalue weighted by atomic mass is 10.1. The number of benzene rings is 1. The van der Waals surface area contributed by atoms with Crippen molar-refractivity contribution in [2.75, 3.05) is 13.2 Å². The van der Waals surface area contributed by atoms with Crippen LogP contribution in [-0.2, 0) is 11.3 Å². The Morgan fingerprint density at radius 2 is 2.20 bits per heavy atom. The average Bonchev–Trinajstić information content (AvgIpc) is 2.96. The van der Waals surface area contributed by atoms with Crippen molar-refractivity contribution in [2.45, 2.75) is 25.4 Å². The number of aromatic nitrogens is 1. The molecule has 20 heavy (non-hydrogen) atoms. The molecule has 3 nitrogen and oxygen atoms in total. The van der Waals surface area contributed by atoms with Gasteiger partial charge in [-0.3, -0.25) is 0 Å². The average molecular weight is 292 g/mol. The zero-order chi connectivity index (χ0) is 13.8. The van der Waals surface area contributed by atoms with Crippen molar-refractivity contribution in [3.05, 3.63) is 41.2 Å². The molecule has 1 aliphatic rings. The van der Waals surface area contributed by atoms with Crippen LogP contribution in [0.25, 0.3) is 10.6 Å². The van der Waals surface area contributed by atoms with Gasteiger partial charge in [-0.1, -0.05) is 0 Å². The zero-order valence-corrected chi connectivity index (χ0v) is 12.0. The van der Waals surface area contributed by atoms with E-state index in [1.807, 2.05) is 0 Å². The first-order chi connectivity index (χ1) is 9.81. The minimum Gasteiger partial charge on any atom is -0.380 e. The first-order valence-electron chi connectivity index (χ1n) is 6.83. The van der Waals surface area contributed by atoms with Crippen molar-refractivity contribution in [1.29, 1.82) is 0 Å². The molecule has 1 aromatic carbocycles. The van der Waals surface area contributed by atoms with Gasteiger partial charge in [-0.15, -0.1) is 11.3 Å². The molecule has 106 valence electrons. The second-order valence-electron chi connectivity index (χ2n) is 4.95. The van der Waals surface area contributed by atoms with E-state index in [9.17, 15) is 4.39 Å². The molecule has 0 bridgehead atoms. The molecule has 2 heterocycles. The Morgan fingerprint density at radius 3 is 2.95 bits per heavy atom. The topological polar surface area (TPSA) is 34.2 Å². The second-order valence-corrected chi connectivity index (χ2v) is 5.80. The highest BCUT2D eigenvalue weighted by atomic mass is 32.1. The van der Waals surface area contributed by atoms with Crippen LogP contribution in [0.1, 0.15) is 18.5 Å². The Hall–Kier alpha value is -1.30. The predicted octanol–water partition coefficient (Wildman–Crippen LogP) is 3.22. The van der Waals surface area contributed by atoms with Gasteiger partial charge >= 0.3 is 0 Å². The molecule has 5 heteroatoms. The van der Waals surface area contributed by atoms with Crippen molar-refractivity contribution < 1.29 is 9.13 Å². The zero-order valence-electron chi connectivity index (χ0n) is 11.1. The Kier molecular flexibility index (Phi) is 4.40. The highest BCUT2D eigenvalue weighted by Gasteiger charge is 2.13. The molecule has 0 spiro atoms. The Labute approximate surface area is 121 Å². The van der Waals surface area contributed by atoms with E-state index >= 15 is 0 Å². The van der Waals surface area contributed by atoms with E-state index in [4.69, 9.17) is 4.74 Å². The van der Waals surface area contributed by atoms with E-state index in [0.29, 0.717) is 6.04 Å². The summed E-state index contributed by atoms with van der Waals surface area (Å²) >= 11 is 1.59. The maximum Gasteiger partial charge on any atom is 0.123 e. The summed E-state index contributed by atoms with van der Waals surface area (Å²) in [5.74, 6) is -0.218. The summed E-state index contributed by atoms with van der Waals surface area (Å²) in [6.45, 7) is 2.42. The minimum absolute atomic E-state index is 0.218. The normalized spacial score (nSPS) is 19.1. The van der Waals surface area contributed by atoms with Crippen molar-refractivity contribution in [2.24, 2.45) is 0 Å². The van der Waals surface area contributed by atoms with Crippen LogP contribution < -0.4 is 5.32 Å². The molecule has 1 atom stereocenters. The third-order valence-electron chi connectivity index (χ3n) is 3.38. The van der Waals surface area contributed by atoms with Crippen LogP contribution in [-0.4, -0.2) is 24.2 Å². The number of nitrogens with zero attached hydrogens (tertiary/aromatic N) is 1. The molecule has 1 fully saturated rings. The van der Waals surface area contributed by atoms with E-state index < -0.39 is 0 Å². The summed E-state index contributed by atoms with van der Waals surface area (Å²) in [6.07, 6.45) is 2.28. The molecular weight excluding hydrogens is 275 g/mol. The van der Waals surface area contributed by atoms with Gasteiger partial charge in [-0.2, -0.15) is 0 Å². The summed E-state index contributed by atoms with van der Waals surface area (Å²) in [6, 6.07) is 6.89. The van der Waals surface area contributed by atoms with Crippen LogP contribution in [0.4, 0.5) is 4.39 Å². The lowest BCUT2D eigenvalue weighted by molar-refractivity contribution is 0.0698. The lowest BCUT2D eigenvalue weighted by Gasteiger charge is -2.22. The predicted molar refractivity (Wildman–Crippen MR) is 78.2 cm³/mol. The summed E-state index contributed by atoms with van der Waals surface area (Å²) < 4.78 is 18.3. The molecule has 1 N–H and O–H groups in total. The van der Waals surface area contributed by atoms with Gasteiger partial charge < -0.3 is 10.1 Å². The maximum atomic E-state index is 12.9. The van der Waals surface area contributed by atoms with Gasteiger partial charge in [-0.25, -0.2) is 9.37 Å². The standard InChI is InChI=1S/C15H17FN2OS/c16-12-5-3-11(4-6-12)15-18-14(10-20-15)8-17-13-2-1-7-19-9-13/h3-6,10,13,17H,1-2,7-9H2. The molecule has 1 saturated heterocycles. The number of thiazole rings is 1. The first-order valence-corrected chi connectivity index (χ1v) is 7.71. The van der Waals surface area contributed by atoms with Crippen LogP contribution in [0.5, 0.6) is 0 Å². The quantitative estimate of drug-likeness (QED) is 0.939. The van der Waals surface area contributed by atoms with Crippen LogP contribution in [0.2, 0.25) is 0 Å². The summed E-state index contributed by atoms with van der Waals surface area (Å²) in [5, 5.41) is 6.45. The van der Waals surface area contributed by atoms with E-state index in [1.54, 1.807) is 23.5 Å². The van der Waals surface area contributed by atoms with Gasteiger partial charge in [0.25, 0.3) is 0 Å². The number of hydrogen-bond acceptors (Lipinski definition) is 4. The molecule has 2 aromatic rings. The summed E-state index contributed by atoms with van der Waals surface area (Å²) in [4.78, 5) is 4.59. The van der Waals surface area contributed by atoms with Gasteiger partial charge in [-0.05, 0) is 37.1 Å². The van der Waals surface area contributed by atoms with Crippen LogP contribution in [0.15, 0.2) is 29.6 Å². The Bertz CT molecular complexity index is 549. The Morgan fingerprint density at radius 1 is 1.35 bits per heavy atom. The van der Waals surface area contributed by atoms with Gasteiger partial charge in [0, 0.05) is 30.1 Å².